The van der Waals surface area contributed by atoms with Crippen LogP contribution in [0.2, 0.25) is 0 Å². The van der Waals surface area contributed by atoms with Crippen molar-refractivity contribution in [3.8, 4) is 0 Å². The lowest BCUT2D eigenvalue weighted by Crippen LogP contribution is -2.10. The number of aliphatic hydroxyl groups is 1. The van der Waals surface area contributed by atoms with Gasteiger partial charge in [0.15, 0.2) is 0 Å². The van der Waals surface area contributed by atoms with Gasteiger partial charge in [-0.2, -0.15) is 0 Å². The van der Waals surface area contributed by atoms with Gasteiger partial charge in [0.2, 0.25) is 0 Å². The van der Waals surface area contributed by atoms with E-state index in [9.17, 15) is 5.11 Å². The van der Waals surface area contributed by atoms with Crippen LogP contribution < -0.4 is 0 Å². The average Bonchev–Trinajstić information content (AvgIpc) is 2.53. The van der Waals surface area contributed by atoms with Crippen LogP contribution in [0.5, 0.6) is 0 Å². The molecule has 154 valence electrons. The highest BCUT2D eigenvalue weighted by Gasteiger charge is 2.10. The van der Waals surface area contributed by atoms with Crippen LogP contribution in [0.3, 0.4) is 0 Å². The predicted octanol–water partition coefficient (Wildman–Crippen LogP) is 8.09. The van der Waals surface area contributed by atoms with Gasteiger partial charge in [0.25, 0.3) is 0 Å². The summed E-state index contributed by atoms with van der Waals surface area (Å²) >= 11 is 0. The summed E-state index contributed by atoms with van der Waals surface area (Å²) in [6, 6.07) is 0. The van der Waals surface area contributed by atoms with Crippen molar-refractivity contribution < 1.29 is 5.11 Å². The molecule has 26 heavy (non-hydrogen) atoms. The minimum absolute atomic E-state index is 0.273. The Morgan fingerprint density at radius 2 is 1.38 bits per heavy atom. The number of hydrogen-bond donors (Lipinski definition) is 1. The molecule has 0 aliphatic heterocycles. The molecule has 0 heterocycles. The zero-order valence-corrected chi connectivity index (χ0v) is 19.0. The van der Waals surface area contributed by atoms with Crippen LogP contribution in [0.1, 0.15) is 113 Å². The molecule has 4 atom stereocenters. The van der Waals surface area contributed by atoms with Gasteiger partial charge in [-0.15, -0.1) is 0 Å². The van der Waals surface area contributed by atoms with Gasteiger partial charge in [0.1, 0.15) is 0 Å². The van der Waals surface area contributed by atoms with E-state index < -0.39 is 0 Å². The molecule has 0 rings (SSSR count). The maximum Gasteiger partial charge on any atom is 0.0726 e. The summed E-state index contributed by atoms with van der Waals surface area (Å²) < 4.78 is 0. The highest BCUT2D eigenvalue weighted by molar-refractivity contribution is 5.04. The van der Waals surface area contributed by atoms with Crippen molar-refractivity contribution >= 4 is 0 Å². The van der Waals surface area contributed by atoms with E-state index in [2.05, 4.69) is 60.6 Å². The van der Waals surface area contributed by atoms with Crippen LogP contribution in [-0.4, -0.2) is 11.2 Å². The molecule has 0 radical (unpaired) electrons. The predicted molar refractivity (Wildman–Crippen MR) is 119 cm³/mol. The molecule has 0 fully saturated rings. The lowest BCUT2D eigenvalue weighted by Gasteiger charge is -2.17. The molecule has 0 aromatic carbocycles. The zero-order chi connectivity index (χ0) is 19.9. The largest absolute Gasteiger partial charge is 0.389 e. The number of rotatable bonds is 15. The quantitative estimate of drug-likeness (QED) is 0.291. The summed E-state index contributed by atoms with van der Waals surface area (Å²) in [6.07, 6.45) is 16.5. The van der Waals surface area contributed by atoms with Gasteiger partial charge < -0.3 is 5.11 Å². The van der Waals surface area contributed by atoms with Crippen molar-refractivity contribution in [2.24, 2.45) is 17.8 Å². The summed E-state index contributed by atoms with van der Waals surface area (Å²) in [7, 11) is 0. The van der Waals surface area contributed by atoms with Crippen molar-refractivity contribution in [3.05, 3.63) is 23.3 Å². The summed E-state index contributed by atoms with van der Waals surface area (Å²) in [5.74, 6) is 2.36. The Kier molecular flexibility index (Phi) is 15.2. The fraction of sp³-hybridized carbons (Fsp3) is 0.840. The summed E-state index contributed by atoms with van der Waals surface area (Å²) in [5.41, 5.74) is 2.69. The lowest BCUT2D eigenvalue weighted by molar-refractivity contribution is 0.185. The lowest BCUT2D eigenvalue weighted by atomic mass is 9.91. The Bertz CT molecular complexity index is 389. The number of aliphatic hydroxyl groups excluding tert-OH is 1. The topological polar surface area (TPSA) is 20.2 Å². The molecule has 0 saturated heterocycles. The Morgan fingerprint density at radius 3 is 1.92 bits per heavy atom. The zero-order valence-electron chi connectivity index (χ0n) is 19.0. The second-order valence-corrected chi connectivity index (χ2v) is 9.22. The molecule has 0 aliphatic rings. The van der Waals surface area contributed by atoms with Gasteiger partial charge in [0.05, 0.1) is 6.10 Å². The van der Waals surface area contributed by atoms with Crippen LogP contribution in [0, 0.1) is 17.8 Å². The second kappa shape index (κ2) is 15.5. The maximum absolute atomic E-state index is 10.3. The standard InChI is InChI=1S/C25H48O/c1-8-21(4)13-10-14-22(5)15-11-17-24(7)19-25(26)18-23(6)16-9-12-20(2)3/h12,18,21-22,24-26H,8-11,13-17,19H2,1-7H3/b23-18+. The molecule has 4 unspecified atom stereocenters. The van der Waals surface area contributed by atoms with E-state index >= 15 is 0 Å². The van der Waals surface area contributed by atoms with Crippen LogP contribution in [0.15, 0.2) is 23.3 Å². The summed E-state index contributed by atoms with van der Waals surface area (Å²) in [6.45, 7) is 15.8. The van der Waals surface area contributed by atoms with E-state index in [0.717, 1.165) is 31.1 Å². The third kappa shape index (κ3) is 15.7. The first kappa shape index (κ1) is 25.4. The summed E-state index contributed by atoms with van der Waals surface area (Å²) in [5, 5.41) is 10.3. The van der Waals surface area contributed by atoms with Gasteiger partial charge in [-0.05, 0) is 57.8 Å². The molecule has 0 spiro atoms. The van der Waals surface area contributed by atoms with Crippen LogP contribution in [0.25, 0.3) is 0 Å². The molecule has 0 saturated carbocycles. The first-order valence-electron chi connectivity index (χ1n) is 11.2. The minimum Gasteiger partial charge on any atom is -0.389 e. The second-order valence-electron chi connectivity index (χ2n) is 9.22. The fourth-order valence-electron chi connectivity index (χ4n) is 3.58. The molecular weight excluding hydrogens is 316 g/mol. The van der Waals surface area contributed by atoms with Gasteiger partial charge in [0, 0.05) is 0 Å². The van der Waals surface area contributed by atoms with Crippen molar-refractivity contribution in [2.45, 2.75) is 119 Å². The Labute approximate surface area is 165 Å². The van der Waals surface area contributed by atoms with E-state index in [1.807, 2.05) is 0 Å². The van der Waals surface area contributed by atoms with Gasteiger partial charge in [-0.1, -0.05) is 95.9 Å². The highest BCUT2D eigenvalue weighted by atomic mass is 16.3. The molecule has 0 aromatic heterocycles. The van der Waals surface area contributed by atoms with E-state index in [1.54, 1.807) is 0 Å². The average molecular weight is 365 g/mol. The van der Waals surface area contributed by atoms with E-state index in [0.29, 0.717) is 5.92 Å². The highest BCUT2D eigenvalue weighted by Crippen LogP contribution is 2.22. The molecule has 0 aromatic rings. The third-order valence-electron chi connectivity index (χ3n) is 5.70. The molecule has 0 aliphatic carbocycles. The Balaban J connectivity index is 3.89. The van der Waals surface area contributed by atoms with E-state index in [1.165, 1.54) is 56.1 Å². The summed E-state index contributed by atoms with van der Waals surface area (Å²) in [4.78, 5) is 0. The smallest absolute Gasteiger partial charge is 0.0726 e. The molecule has 0 bridgehead atoms. The molecule has 0 amide bonds. The van der Waals surface area contributed by atoms with Crippen molar-refractivity contribution in [1.82, 2.24) is 0 Å². The van der Waals surface area contributed by atoms with Crippen LogP contribution in [-0.2, 0) is 0 Å². The van der Waals surface area contributed by atoms with Gasteiger partial charge in [-0.25, -0.2) is 0 Å². The maximum atomic E-state index is 10.3. The van der Waals surface area contributed by atoms with Crippen molar-refractivity contribution in [1.29, 1.82) is 0 Å². The molecule has 1 nitrogen and oxygen atoms in total. The molecule has 1 N–H and O–H groups in total. The van der Waals surface area contributed by atoms with Crippen molar-refractivity contribution in [2.75, 3.05) is 0 Å². The fourth-order valence-corrected chi connectivity index (χ4v) is 3.58. The number of hydrogen-bond acceptors (Lipinski definition) is 1. The SMILES string of the molecule is CCC(C)CCCC(C)CCCC(C)CC(O)/C=C(\C)CCC=C(C)C. The van der Waals surface area contributed by atoms with E-state index in [4.69, 9.17) is 0 Å². The minimum atomic E-state index is -0.273. The third-order valence-corrected chi connectivity index (χ3v) is 5.70. The van der Waals surface area contributed by atoms with Gasteiger partial charge >= 0.3 is 0 Å². The normalized spacial score (nSPS) is 16.8. The van der Waals surface area contributed by atoms with Gasteiger partial charge in [-0.3, -0.25) is 0 Å². The van der Waals surface area contributed by atoms with Crippen LogP contribution in [0.4, 0.5) is 0 Å². The Morgan fingerprint density at radius 1 is 0.846 bits per heavy atom. The molecule has 1 heteroatoms. The van der Waals surface area contributed by atoms with Crippen LogP contribution >= 0.6 is 0 Å². The Hall–Kier alpha value is -0.560. The molecular formula is C25H48O. The first-order chi connectivity index (χ1) is 12.2. The first-order valence-corrected chi connectivity index (χ1v) is 11.2. The number of allylic oxidation sites excluding steroid dienone is 3. The monoisotopic (exact) mass is 364 g/mol. The van der Waals surface area contributed by atoms with Crippen molar-refractivity contribution in [3.63, 3.8) is 0 Å². The van der Waals surface area contributed by atoms with E-state index in [-0.39, 0.29) is 6.10 Å².